The average Bonchev–Trinajstić information content (AvgIpc) is 2.98. The van der Waals surface area contributed by atoms with Crippen molar-refractivity contribution in [3.63, 3.8) is 0 Å². The van der Waals surface area contributed by atoms with Crippen molar-refractivity contribution in [1.82, 2.24) is 0 Å². The Hall–Kier alpha value is -3.51. The van der Waals surface area contributed by atoms with Crippen LogP contribution in [0.25, 0.3) is 6.08 Å². The van der Waals surface area contributed by atoms with Crippen LogP contribution in [-0.4, -0.2) is 13.0 Å². The van der Waals surface area contributed by atoms with Crippen molar-refractivity contribution in [2.45, 2.75) is 11.8 Å². The average molecular weight is 402 g/mol. The third-order valence-electron chi connectivity index (χ3n) is 6.16. The Morgan fingerprint density at radius 1 is 0.933 bits per heavy atom. The highest BCUT2D eigenvalue weighted by Gasteiger charge is 2.58. The van der Waals surface area contributed by atoms with E-state index in [1.807, 2.05) is 54.6 Å². The van der Waals surface area contributed by atoms with Gasteiger partial charge in [-0.3, -0.25) is 4.79 Å². The van der Waals surface area contributed by atoms with Gasteiger partial charge in [0, 0.05) is 36.0 Å². The first-order chi connectivity index (χ1) is 14.5. The van der Waals surface area contributed by atoms with Crippen LogP contribution in [-0.2, 0) is 15.1 Å². The SMILES string of the molecule is CN1C(=O)C2(OC3c4ccccc4C=CN3c3cc(F)c(F)cc32)c2ccccc21. The third kappa shape index (κ3) is 1.99. The second-order valence-corrected chi connectivity index (χ2v) is 7.67. The molecule has 1 spiro atoms. The number of halogens is 2. The van der Waals surface area contributed by atoms with Gasteiger partial charge < -0.3 is 14.5 Å². The summed E-state index contributed by atoms with van der Waals surface area (Å²) in [6.45, 7) is 0. The van der Waals surface area contributed by atoms with Crippen LogP contribution in [0, 0.1) is 11.6 Å². The van der Waals surface area contributed by atoms with Gasteiger partial charge in [0.2, 0.25) is 5.60 Å². The molecule has 2 atom stereocenters. The van der Waals surface area contributed by atoms with E-state index in [2.05, 4.69) is 0 Å². The number of ether oxygens (including phenoxy) is 1. The number of para-hydroxylation sites is 1. The van der Waals surface area contributed by atoms with Crippen molar-refractivity contribution in [1.29, 1.82) is 0 Å². The number of benzene rings is 3. The highest BCUT2D eigenvalue weighted by atomic mass is 19.2. The van der Waals surface area contributed by atoms with Gasteiger partial charge in [-0.2, -0.15) is 0 Å². The van der Waals surface area contributed by atoms with Crippen molar-refractivity contribution >= 4 is 23.4 Å². The van der Waals surface area contributed by atoms with Gasteiger partial charge in [0.15, 0.2) is 17.9 Å². The summed E-state index contributed by atoms with van der Waals surface area (Å²) in [5.74, 6) is -2.32. The monoisotopic (exact) mass is 402 g/mol. The van der Waals surface area contributed by atoms with Gasteiger partial charge in [-0.15, -0.1) is 0 Å². The van der Waals surface area contributed by atoms with Crippen LogP contribution >= 0.6 is 0 Å². The van der Waals surface area contributed by atoms with Crippen LogP contribution in [0.5, 0.6) is 0 Å². The summed E-state index contributed by atoms with van der Waals surface area (Å²) >= 11 is 0. The van der Waals surface area contributed by atoms with E-state index >= 15 is 0 Å². The van der Waals surface area contributed by atoms with Crippen LogP contribution in [0.15, 0.2) is 66.9 Å². The number of rotatable bonds is 0. The van der Waals surface area contributed by atoms with Crippen molar-refractivity contribution in [2.75, 3.05) is 16.8 Å². The molecule has 0 saturated carbocycles. The largest absolute Gasteiger partial charge is 0.328 e. The van der Waals surface area contributed by atoms with Gasteiger partial charge in [0.25, 0.3) is 5.91 Å². The number of nitrogens with zero attached hydrogens (tertiary/aromatic N) is 2. The van der Waals surface area contributed by atoms with Crippen LogP contribution < -0.4 is 9.80 Å². The van der Waals surface area contributed by atoms with Crippen LogP contribution in [0.3, 0.4) is 0 Å². The molecule has 0 fully saturated rings. The van der Waals surface area contributed by atoms with E-state index in [0.29, 0.717) is 22.5 Å². The Balaban J connectivity index is 1.70. The summed E-state index contributed by atoms with van der Waals surface area (Å²) < 4.78 is 35.3. The summed E-state index contributed by atoms with van der Waals surface area (Å²) in [4.78, 5) is 16.9. The molecule has 148 valence electrons. The topological polar surface area (TPSA) is 32.8 Å². The number of hydrogen-bond acceptors (Lipinski definition) is 3. The molecule has 3 aliphatic rings. The van der Waals surface area contributed by atoms with E-state index in [-0.39, 0.29) is 5.91 Å². The zero-order chi connectivity index (χ0) is 20.6. The number of carbonyl (C=O) groups is 1. The number of carbonyl (C=O) groups excluding carboxylic acids is 1. The van der Waals surface area contributed by atoms with Gasteiger partial charge in [-0.05, 0) is 23.8 Å². The molecule has 0 aromatic heterocycles. The molecule has 0 radical (unpaired) electrons. The Kier molecular flexibility index (Phi) is 3.34. The predicted molar refractivity (Wildman–Crippen MR) is 109 cm³/mol. The molecule has 3 aromatic rings. The lowest BCUT2D eigenvalue weighted by Crippen LogP contribution is -2.50. The Morgan fingerprint density at radius 2 is 1.67 bits per heavy atom. The van der Waals surface area contributed by atoms with Gasteiger partial charge >= 0.3 is 0 Å². The summed E-state index contributed by atoms with van der Waals surface area (Å²) in [7, 11) is 1.67. The van der Waals surface area contributed by atoms with Crippen LogP contribution in [0.1, 0.15) is 28.5 Å². The van der Waals surface area contributed by atoms with Crippen molar-refractivity contribution in [3.05, 3.63) is 101 Å². The fraction of sp³-hybridized carbons (Fsp3) is 0.125. The molecule has 0 N–H and O–H groups in total. The van der Waals surface area contributed by atoms with E-state index in [1.54, 1.807) is 18.1 Å². The third-order valence-corrected chi connectivity index (χ3v) is 6.16. The molecule has 0 saturated heterocycles. The van der Waals surface area contributed by atoms with Gasteiger partial charge in [0.1, 0.15) is 0 Å². The Morgan fingerprint density at radius 3 is 2.53 bits per heavy atom. The normalized spacial score (nSPS) is 23.3. The number of anilines is 2. The predicted octanol–water partition coefficient (Wildman–Crippen LogP) is 4.70. The van der Waals surface area contributed by atoms with Crippen LogP contribution in [0.2, 0.25) is 0 Å². The first kappa shape index (κ1) is 17.4. The molecule has 3 heterocycles. The summed E-state index contributed by atoms with van der Waals surface area (Å²) in [6.07, 6.45) is 3.02. The fourth-order valence-corrected chi connectivity index (χ4v) is 4.76. The molecule has 30 heavy (non-hydrogen) atoms. The maximum absolute atomic E-state index is 14.4. The van der Waals surface area contributed by atoms with E-state index in [1.165, 1.54) is 4.90 Å². The summed E-state index contributed by atoms with van der Waals surface area (Å²) in [6, 6.07) is 17.2. The molecule has 0 bridgehead atoms. The molecule has 2 unspecified atom stereocenters. The maximum Gasteiger partial charge on any atom is 0.268 e. The first-order valence-corrected chi connectivity index (χ1v) is 9.63. The van der Waals surface area contributed by atoms with Gasteiger partial charge in [0.05, 0.1) is 11.4 Å². The molecule has 6 heteroatoms. The molecular formula is C24H16F2N2O2. The second-order valence-electron chi connectivity index (χ2n) is 7.67. The molecule has 3 aliphatic heterocycles. The zero-order valence-electron chi connectivity index (χ0n) is 16.0. The Bertz CT molecular complexity index is 1270. The molecule has 4 nitrogen and oxygen atoms in total. The second kappa shape index (κ2) is 5.77. The summed E-state index contributed by atoms with van der Waals surface area (Å²) in [5, 5.41) is 0. The van der Waals surface area contributed by atoms with Gasteiger partial charge in [-0.25, -0.2) is 8.78 Å². The van der Waals surface area contributed by atoms with Crippen molar-refractivity contribution in [3.8, 4) is 0 Å². The standard InChI is InChI=1S/C24H16F2N2O2/c1-27-20-9-5-4-8-16(20)24(23(27)29)17-12-18(25)19(26)13-21(17)28-11-10-14-6-2-3-7-15(14)22(28)30-24/h2-13,22H,1H3. The number of fused-ring (bicyclic) bond motifs is 8. The highest BCUT2D eigenvalue weighted by Crippen LogP contribution is 2.56. The molecule has 3 aromatic carbocycles. The molecule has 0 aliphatic carbocycles. The van der Waals surface area contributed by atoms with E-state index in [0.717, 1.165) is 23.3 Å². The van der Waals surface area contributed by atoms with Gasteiger partial charge in [-0.1, -0.05) is 42.5 Å². The highest BCUT2D eigenvalue weighted by molar-refractivity contribution is 6.10. The minimum atomic E-state index is -1.56. The number of likely N-dealkylation sites (N-methyl/N-ethyl adjacent to an activating group) is 1. The lowest BCUT2D eigenvalue weighted by atomic mass is 9.83. The lowest BCUT2D eigenvalue weighted by Gasteiger charge is -2.46. The van der Waals surface area contributed by atoms with E-state index in [4.69, 9.17) is 4.74 Å². The molecule has 1 amide bonds. The maximum atomic E-state index is 14.4. The number of hydrogen-bond donors (Lipinski definition) is 0. The van der Waals surface area contributed by atoms with Crippen LogP contribution in [0.4, 0.5) is 20.2 Å². The molecule has 6 rings (SSSR count). The fourth-order valence-electron chi connectivity index (χ4n) is 4.76. The minimum absolute atomic E-state index is 0.295. The van der Waals surface area contributed by atoms with Crippen molar-refractivity contribution < 1.29 is 18.3 Å². The molecular weight excluding hydrogens is 386 g/mol. The smallest absolute Gasteiger partial charge is 0.268 e. The van der Waals surface area contributed by atoms with E-state index < -0.39 is 23.5 Å². The Labute approximate surface area is 171 Å². The lowest BCUT2D eigenvalue weighted by molar-refractivity contribution is -0.147. The van der Waals surface area contributed by atoms with Crippen molar-refractivity contribution in [2.24, 2.45) is 0 Å². The minimum Gasteiger partial charge on any atom is -0.328 e. The quantitative estimate of drug-likeness (QED) is 0.546. The number of amides is 1. The zero-order valence-corrected chi connectivity index (χ0v) is 16.0. The summed E-state index contributed by atoms with van der Waals surface area (Å²) in [5.41, 5.74) is 2.26. The van der Waals surface area contributed by atoms with E-state index in [9.17, 15) is 13.6 Å². The first-order valence-electron chi connectivity index (χ1n) is 9.63.